The molecule has 1 spiro atoms. The van der Waals surface area contributed by atoms with E-state index in [2.05, 4.69) is 44.3 Å². The average molecular weight is 494 g/mol. The molecular formula is C29H39N3O4. The number of hydrogen-bond donors (Lipinski definition) is 1. The summed E-state index contributed by atoms with van der Waals surface area (Å²) < 4.78 is 11.9. The van der Waals surface area contributed by atoms with Crippen LogP contribution in [0.5, 0.6) is 5.75 Å². The van der Waals surface area contributed by atoms with Crippen molar-refractivity contribution in [2.75, 3.05) is 38.1 Å². The third kappa shape index (κ3) is 5.94. The fourth-order valence-corrected chi connectivity index (χ4v) is 4.82. The summed E-state index contributed by atoms with van der Waals surface area (Å²) in [5, 5.41) is 2.96. The molecular weight excluding hydrogens is 454 g/mol. The summed E-state index contributed by atoms with van der Waals surface area (Å²) in [5.74, 6) is 0.936. The van der Waals surface area contributed by atoms with E-state index in [0.29, 0.717) is 32.8 Å². The number of rotatable bonds is 5. The smallest absolute Gasteiger partial charge is 0.409 e. The number of urea groups is 1. The second-order valence-electron chi connectivity index (χ2n) is 11.1. The van der Waals surface area contributed by atoms with E-state index in [0.717, 1.165) is 41.8 Å². The molecule has 7 nitrogen and oxygen atoms in total. The van der Waals surface area contributed by atoms with E-state index in [1.54, 1.807) is 9.80 Å². The lowest BCUT2D eigenvalue weighted by Crippen LogP contribution is -2.49. The molecule has 0 bridgehead atoms. The maximum absolute atomic E-state index is 12.5. The largest absolute Gasteiger partial charge is 0.487 e. The highest BCUT2D eigenvalue weighted by Crippen LogP contribution is 2.42. The monoisotopic (exact) mass is 493 g/mol. The Bertz CT molecular complexity index is 1080. The van der Waals surface area contributed by atoms with Gasteiger partial charge in [-0.2, -0.15) is 0 Å². The Balaban J connectivity index is 1.36. The fraction of sp³-hybridized carbons (Fsp3) is 0.517. The standard InChI is InChI=1S/C29H39N3O4/c1-6-31(7-2)26(33)30-24-11-8-21(9-12-24)22-10-13-25-23(18-22)19-29(36-25)14-16-32(17-15-29)27(34)35-20-28(3,4)5/h8-13,18H,6-7,14-17,19-20H2,1-5H3,(H,30,33). The van der Waals surface area contributed by atoms with Crippen molar-refractivity contribution in [1.82, 2.24) is 9.80 Å². The summed E-state index contributed by atoms with van der Waals surface area (Å²) in [6.07, 6.45) is 2.21. The van der Waals surface area contributed by atoms with Gasteiger partial charge in [-0.15, -0.1) is 0 Å². The zero-order chi connectivity index (χ0) is 25.9. The number of amides is 3. The van der Waals surface area contributed by atoms with Gasteiger partial charge in [-0.25, -0.2) is 9.59 Å². The van der Waals surface area contributed by atoms with Crippen LogP contribution in [-0.4, -0.2) is 60.3 Å². The van der Waals surface area contributed by atoms with E-state index in [1.165, 1.54) is 5.56 Å². The van der Waals surface area contributed by atoms with Crippen LogP contribution in [0.4, 0.5) is 15.3 Å². The van der Waals surface area contributed by atoms with Gasteiger partial charge in [0.2, 0.25) is 0 Å². The SMILES string of the molecule is CCN(CC)C(=O)Nc1ccc(-c2ccc3c(c2)CC2(CCN(C(=O)OCC(C)(C)C)CC2)O3)cc1. The van der Waals surface area contributed by atoms with Gasteiger partial charge in [-0.05, 0) is 60.2 Å². The van der Waals surface area contributed by atoms with Crippen molar-refractivity contribution in [1.29, 1.82) is 0 Å². The number of piperidine rings is 1. The normalized spacial score (nSPS) is 16.3. The summed E-state index contributed by atoms with van der Waals surface area (Å²) in [5.41, 5.74) is 3.91. The first-order valence-corrected chi connectivity index (χ1v) is 13.0. The molecule has 2 heterocycles. The molecule has 1 N–H and O–H groups in total. The molecule has 36 heavy (non-hydrogen) atoms. The van der Waals surface area contributed by atoms with E-state index in [4.69, 9.17) is 9.47 Å². The Kier molecular flexibility index (Phi) is 7.48. The highest BCUT2D eigenvalue weighted by atomic mass is 16.6. The Morgan fingerprint density at radius 1 is 1.03 bits per heavy atom. The molecule has 4 rings (SSSR count). The number of nitrogens with one attached hydrogen (secondary N) is 1. The summed E-state index contributed by atoms with van der Waals surface area (Å²) >= 11 is 0. The van der Waals surface area contributed by atoms with Gasteiger partial charge < -0.3 is 24.6 Å². The van der Waals surface area contributed by atoms with Gasteiger partial charge in [-0.3, -0.25) is 0 Å². The number of carbonyl (C=O) groups excluding carboxylic acids is 2. The lowest BCUT2D eigenvalue weighted by atomic mass is 9.86. The number of benzene rings is 2. The first-order valence-electron chi connectivity index (χ1n) is 13.0. The average Bonchev–Trinajstić information content (AvgIpc) is 3.20. The van der Waals surface area contributed by atoms with Crippen molar-refractivity contribution in [2.24, 2.45) is 5.41 Å². The van der Waals surface area contributed by atoms with E-state index in [-0.39, 0.29) is 23.1 Å². The molecule has 0 atom stereocenters. The number of likely N-dealkylation sites (tertiary alicyclic amines) is 1. The Morgan fingerprint density at radius 3 is 2.28 bits per heavy atom. The summed E-state index contributed by atoms with van der Waals surface area (Å²) in [4.78, 5) is 28.3. The minimum atomic E-state index is -0.250. The van der Waals surface area contributed by atoms with Gasteiger partial charge in [0.15, 0.2) is 0 Å². The lowest BCUT2D eigenvalue weighted by Gasteiger charge is -2.38. The molecule has 2 aromatic carbocycles. The number of hydrogen-bond acceptors (Lipinski definition) is 4. The van der Waals surface area contributed by atoms with Crippen LogP contribution in [0.3, 0.4) is 0 Å². The number of carbonyl (C=O) groups is 2. The third-order valence-electron chi connectivity index (χ3n) is 6.98. The molecule has 194 valence electrons. The Labute approximate surface area is 214 Å². The van der Waals surface area contributed by atoms with Crippen molar-refractivity contribution in [2.45, 2.75) is 59.5 Å². The van der Waals surface area contributed by atoms with Crippen LogP contribution in [0.15, 0.2) is 42.5 Å². The number of fused-ring (bicyclic) bond motifs is 1. The van der Waals surface area contributed by atoms with Gasteiger partial charge in [0, 0.05) is 51.1 Å². The molecule has 0 aliphatic carbocycles. The van der Waals surface area contributed by atoms with Crippen LogP contribution in [0.1, 0.15) is 53.0 Å². The van der Waals surface area contributed by atoms with Crippen molar-refractivity contribution < 1.29 is 19.1 Å². The first kappa shape index (κ1) is 25.9. The highest BCUT2D eigenvalue weighted by molar-refractivity contribution is 5.89. The van der Waals surface area contributed by atoms with Crippen LogP contribution < -0.4 is 10.1 Å². The molecule has 3 amide bonds. The minimum Gasteiger partial charge on any atom is -0.487 e. The second-order valence-corrected chi connectivity index (χ2v) is 11.1. The van der Waals surface area contributed by atoms with E-state index in [1.807, 2.05) is 38.1 Å². The van der Waals surface area contributed by atoms with Crippen molar-refractivity contribution in [3.63, 3.8) is 0 Å². The van der Waals surface area contributed by atoms with Crippen LogP contribution in [0, 0.1) is 5.41 Å². The summed E-state index contributed by atoms with van der Waals surface area (Å²) in [6.45, 7) is 13.2. The number of anilines is 1. The van der Waals surface area contributed by atoms with E-state index >= 15 is 0 Å². The molecule has 0 radical (unpaired) electrons. The van der Waals surface area contributed by atoms with Gasteiger partial charge in [0.1, 0.15) is 11.4 Å². The summed E-state index contributed by atoms with van der Waals surface area (Å²) in [6, 6.07) is 14.2. The number of nitrogens with zero attached hydrogens (tertiary/aromatic N) is 2. The van der Waals surface area contributed by atoms with Gasteiger partial charge >= 0.3 is 12.1 Å². The number of ether oxygens (including phenoxy) is 2. The zero-order valence-corrected chi connectivity index (χ0v) is 22.2. The van der Waals surface area contributed by atoms with Crippen LogP contribution in [-0.2, 0) is 11.2 Å². The maximum Gasteiger partial charge on any atom is 0.409 e. The first-order chi connectivity index (χ1) is 17.1. The third-order valence-corrected chi connectivity index (χ3v) is 6.98. The van der Waals surface area contributed by atoms with Crippen LogP contribution in [0.25, 0.3) is 11.1 Å². The van der Waals surface area contributed by atoms with E-state index in [9.17, 15) is 9.59 Å². The quantitative estimate of drug-likeness (QED) is 0.540. The highest BCUT2D eigenvalue weighted by Gasteiger charge is 2.43. The fourth-order valence-electron chi connectivity index (χ4n) is 4.82. The molecule has 0 aromatic heterocycles. The van der Waals surface area contributed by atoms with Crippen molar-refractivity contribution in [3.05, 3.63) is 48.0 Å². The maximum atomic E-state index is 12.5. The Hall–Kier alpha value is -3.22. The van der Waals surface area contributed by atoms with Crippen molar-refractivity contribution in [3.8, 4) is 16.9 Å². The topological polar surface area (TPSA) is 71.1 Å². The van der Waals surface area contributed by atoms with Crippen LogP contribution in [0.2, 0.25) is 0 Å². The minimum absolute atomic E-state index is 0.0415. The van der Waals surface area contributed by atoms with Gasteiger partial charge in [-0.1, -0.05) is 39.0 Å². The lowest BCUT2D eigenvalue weighted by molar-refractivity contribution is 0.00956. The summed E-state index contributed by atoms with van der Waals surface area (Å²) in [7, 11) is 0. The Morgan fingerprint density at radius 2 is 1.67 bits per heavy atom. The molecule has 2 aromatic rings. The molecule has 1 saturated heterocycles. The molecule has 7 heteroatoms. The molecule has 2 aliphatic heterocycles. The second kappa shape index (κ2) is 10.4. The van der Waals surface area contributed by atoms with Crippen molar-refractivity contribution >= 4 is 17.8 Å². The molecule has 2 aliphatic rings. The molecule has 1 fully saturated rings. The van der Waals surface area contributed by atoms with Gasteiger partial charge in [0.25, 0.3) is 0 Å². The molecule has 0 saturated carbocycles. The zero-order valence-electron chi connectivity index (χ0n) is 22.2. The van der Waals surface area contributed by atoms with Crippen LogP contribution >= 0.6 is 0 Å². The van der Waals surface area contributed by atoms with Gasteiger partial charge in [0.05, 0.1) is 6.61 Å². The predicted octanol–water partition coefficient (Wildman–Crippen LogP) is 6.18. The molecule has 0 unspecified atom stereocenters. The van der Waals surface area contributed by atoms with E-state index < -0.39 is 0 Å². The predicted molar refractivity (Wildman–Crippen MR) is 142 cm³/mol.